The molecular formula is C12H10F5NO2S. The molecule has 1 saturated heterocycles. The molecule has 0 atom stereocenters. The molecule has 1 aliphatic heterocycles. The van der Waals surface area contributed by atoms with Crippen LogP contribution in [0.4, 0.5) is 22.0 Å². The Kier molecular flexibility index (Phi) is 4.05. The smallest absolute Gasteiger partial charge is 0.338 e. The number of Topliss-reactive ketones (excluding diaryl/α,β-unsaturated/α-hetero) is 1. The lowest BCUT2D eigenvalue weighted by Crippen LogP contribution is -2.42. The highest BCUT2D eigenvalue weighted by molar-refractivity contribution is 7.16. The standard InChI is InChI=1S/C12H10F5NO2S/c13-11(14)3-5-18(6-4-11)10(20)8-2-1-7(21-8)9(19)12(15,16)17/h1-2H,3-6H2. The van der Waals surface area contributed by atoms with Gasteiger partial charge in [0.2, 0.25) is 0 Å². The van der Waals surface area contributed by atoms with Crippen molar-refractivity contribution in [1.82, 2.24) is 4.90 Å². The van der Waals surface area contributed by atoms with Crippen molar-refractivity contribution in [2.24, 2.45) is 0 Å². The Morgan fingerprint density at radius 1 is 1.10 bits per heavy atom. The Morgan fingerprint density at radius 3 is 2.14 bits per heavy atom. The summed E-state index contributed by atoms with van der Waals surface area (Å²) in [5.41, 5.74) is 0. The maximum absolute atomic E-state index is 13.0. The maximum Gasteiger partial charge on any atom is 0.455 e. The van der Waals surface area contributed by atoms with Gasteiger partial charge >= 0.3 is 6.18 Å². The third kappa shape index (κ3) is 3.58. The van der Waals surface area contributed by atoms with E-state index in [9.17, 15) is 31.5 Å². The molecule has 1 fully saturated rings. The molecule has 1 aliphatic rings. The molecule has 0 N–H and O–H groups in total. The van der Waals surface area contributed by atoms with E-state index in [2.05, 4.69) is 0 Å². The number of hydrogen-bond donors (Lipinski definition) is 0. The summed E-state index contributed by atoms with van der Waals surface area (Å²) in [4.78, 5) is 23.5. The van der Waals surface area contributed by atoms with Gasteiger partial charge in [0.25, 0.3) is 17.6 Å². The first-order chi connectivity index (χ1) is 9.60. The number of hydrogen-bond acceptors (Lipinski definition) is 3. The van der Waals surface area contributed by atoms with E-state index in [0.717, 1.165) is 17.0 Å². The topological polar surface area (TPSA) is 37.4 Å². The summed E-state index contributed by atoms with van der Waals surface area (Å²) < 4.78 is 62.8. The minimum atomic E-state index is -5.00. The molecule has 0 aliphatic carbocycles. The van der Waals surface area contributed by atoms with Gasteiger partial charge in [-0.25, -0.2) is 8.78 Å². The largest absolute Gasteiger partial charge is 0.455 e. The zero-order chi connectivity index (χ0) is 15.8. The molecule has 0 aromatic carbocycles. The van der Waals surface area contributed by atoms with Crippen molar-refractivity contribution in [3.8, 4) is 0 Å². The summed E-state index contributed by atoms with van der Waals surface area (Å²) in [5.74, 6) is -5.46. The van der Waals surface area contributed by atoms with Crippen molar-refractivity contribution in [3.63, 3.8) is 0 Å². The number of thiophene rings is 1. The van der Waals surface area contributed by atoms with Crippen LogP contribution in [0.2, 0.25) is 0 Å². The fourth-order valence-corrected chi connectivity index (χ4v) is 2.84. The van der Waals surface area contributed by atoms with E-state index >= 15 is 0 Å². The molecule has 116 valence electrons. The number of likely N-dealkylation sites (tertiary alicyclic amines) is 1. The number of halogens is 5. The molecule has 0 bridgehead atoms. The van der Waals surface area contributed by atoms with Crippen LogP contribution in [0.15, 0.2) is 12.1 Å². The van der Waals surface area contributed by atoms with E-state index in [0.29, 0.717) is 11.3 Å². The monoisotopic (exact) mass is 327 g/mol. The van der Waals surface area contributed by atoms with Gasteiger partial charge in [0.05, 0.1) is 9.75 Å². The highest BCUT2D eigenvalue weighted by Gasteiger charge is 2.41. The second-order valence-corrected chi connectivity index (χ2v) is 5.72. The Morgan fingerprint density at radius 2 is 1.62 bits per heavy atom. The zero-order valence-corrected chi connectivity index (χ0v) is 11.4. The van der Waals surface area contributed by atoms with Gasteiger partial charge in [0.15, 0.2) is 0 Å². The van der Waals surface area contributed by atoms with Crippen LogP contribution in [0.25, 0.3) is 0 Å². The lowest BCUT2D eigenvalue weighted by molar-refractivity contribution is -0.0882. The zero-order valence-electron chi connectivity index (χ0n) is 10.5. The first-order valence-electron chi connectivity index (χ1n) is 5.99. The van der Waals surface area contributed by atoms with Crippen molar-refractivity contribution in [2.45, 2.75) is 24.9 Å². The van der Waals surface area contributed by atoms with Gasteiger partial charge in [-0.3, -0.25) is 9.59 Å². The summed E-state index contributed by atoms with van der Waals surface area (Å²) in [5, 5.41) is 0. The predicted molar refractivity (Wildman–Crippen MR) is 64.8 cm³/mol. The fraction of sp³-hybridized carbons (Fsp3) is 0.500. The van der Waals surface area contributed by atoms with E-state index in [1.165, 1.54) is 0 Å². The molecule has 0 unspecified atom stereocenters. The van der Waals surface area contributed by atoms with Crippen LogP contribution in [0.3, 0.4) is 0 Å². The van der Waals surface area contributed by atoms with E-state index in [1.807, 2.05) is 0 Å². The van der Waals surface area contributed by atoms with Crippen LogP contribution in [0, 0.1) is 0 Å². The average molecular weight is 327 g/mol. The Bertz CT molecular complexity index is 556. The molecule has 0 spiro atoms. The van der Waals surface area contributed by atoms with E-state index in [4.69, 9.17) is 0 Å². The highest BCUT2D eigenvalue weighted by Crippen LogP contribution is 2.30. The van der Waals surface area contributed by atoms with Crippen molar-refractivity contribution in [3.05, 3.63) is 21.9 Å². The second-order valence-electron chi connectivity index (χ2n) is 4.64. The molecular weight excluding hydrogens is 317 g/mol. The van der Waals surface area contributed by atoms with Crippen LogP contribution in [-0.2, 0) is 0 Å². The fourth-order valence-electron chi connectivity index (χ4n) is 1.91. The second kappa shape index (κ2) is 5.36. The molecule has 1 aromatic heterocycles. The Hall–Kier alpha value is -1.51. The van der Waals surface area contributed by atoms with E-state index in [1.54, 1.807) is 0 Å². The first kappa shape index (κ1) is 15.9. The van der Waals surface area contributed by atoms with E-state index < -0.39 is 41.5 Å². The molecule has 3 nitrogen and oxygen atoms in total. The molecule has 1 amide bonds. The van der Waals surface area contributed by atoms with Crippen molar-refractivity contribution < 1.29 is 31.5 Å². The summed E-state index contributed by atoms with van der Waals surface area (Å²) >= 11 is 0.421. The number of ketones is 1. The summed E-state index contributed by atoms with van der Waals surface area (Å²) in [6.45, 7) is -0.321. The SMILES string of the molecule is O=C(c1ccc(C(=O)C(F)(F)F)s1)N1CCC(F)(F)CC1. The van der Waals surface area contributed by atoms with Gasteiger partial charge in [-0.15, -0.1) is 11.3 Å². The van der Waals surface area contributed by atoms with Crippen molar-refractivity contribution >= 4 is 23.0 Å². The van der Waals surface area contributed by atoms with Gasteiger partial charge in [0.1, 0.15) is 0 Å². The maximum atomic E-state index is 13.0. The third-order valence-electron chi connectivity index (χ3n) is 3.08. The van der Waals surface area contributed by atoms with Crippen LogP contribution >= 0.6 is 11.3 Å². The molecule has 0 radical (unpaired) electrons. The lowest BCUT2D eigenvalue weighted by Gasteiger charge is -2.31. The summed E-state index contributed by atoms with van der Waals surface area (Å²) in [6.07, 6.45) is -5.95. The van der Waals surface area contributed by atoms with Crippen LogP contribution in [0.5, 0.6) is 0 Å². The quantitative estimate of drug-likeness (QED) is 0.617. The van der Waals surface area contributed by atoms with Crippen molar-refractivity contribution in [1.29, 1.82) is 0 Å². The normalized spacial score (nSPS) is 18.6. The number of nitrogens with zero attached hydrogens (tertiary/aromatic N) is 1. The molecule has 0 saturated carbocycles. The van der Waals surface area contributed by atoms with Gasteiger partial charge in [-0.2, -0.15) is 13.2 Å². The van der Waals surface area contributed by atoms with Crippen molar-refractivity contribution in [2.75, 3.05) is 13.1 Å². The minimum absolute atomic E-state index is 0.0622. The Balaban J connectivity index is 2.08. The Labute approximate surface area is 120 Å². The molecule has 9 heteroatoms. The third-order valence-corrected chi connectivity index (χ3v) is 4.15. The molecule has 2 heterocycles. The van der Waals surface area contributed by atoms with Gasteiger partial charge < -0.3 is 4.90 Å². The minimum Gasteiger partial charge on any atom is -0.338 e. The number of rotatable bonds is 2. The average Bonchev–Trinajstić information content (AvgIpc) is 2.85. The lowest BCUT2D eigenvalue weighted by atomic mass is 10.1. The molecule has 2 rings (SSSR count). The number of piperidine rings is 1. The number of alkyl halides is 5. The highest BCUT2D eigenvalue weighted by atomic mass is 32.1. The molecule has 1 aromatic rings. The predicted octanol–water partition coefficient (Wildman–Crippen LogP) is 3.36. The summed E-state index contributed by atoms with van der Waals surface area (Å²) in [6, 6.07) is 2.03. The number of carbonyl (C=O) groups excluding carboxylic acids is 2. The van der Waals surface area contributed by atoms with Gasteiger partial charge in [0, 0.05) is 25.9 Å². The van der Waals surface area contributed by atoms with Gasteiger partial charge in [-0.1, -0.05) is 0 Å². The number of carbonyl (C=O) groups is 2. The van der Waals surface area contributed by atoms with Crippen LogP contribution < -0.4 is 0 Å². The summed E-state index contributed by atoms with van der Waals surface area (Å²) in [7, 11) is 0. The van der Waals surface area contributed by atoms with Gasteiger partial charge in [-0.05, 0) is 12.1 Å². The van der Waals surface area contributed by atoms with Crippen LogP contribution in [-0.4, -0.2) is 41.8 Å². The molecule has 21 heavy (non-hydrogen) atoms. The number of amides is 1. The van der Waals surface area contributed by atoms with Crippen LogP contribution in [0.1, 0.15) is 32.2 Å². The van der Waals surface area contributed by atoms with E-state index in [-0.39, 0.29) is 18.0 Å². The first-order valence-corrected chi connectivity index (χ1v) is 6.80.